The molecule has 7 heteroatoms. The van der Waals surface area contributed by atoms with Crippen LogP contribution in [-0.2, 0) is 16.6 Å². The lowest BCUT2D eigenvalue weighted by molar-refractivity contribution is 0.598. The van der Waals surface area contributed by atoms with Crippen LogP contribution in [0.4, 0.5) is 11.4 Å². The van der Waals surface area contributed by atoms with E-state index in [1.807, 2.05) is 6.07 Å². The maximum Gasteiger partial charge on any atom is 0.238 e. The zero-order valence-corrected chi connectivity index (χ0v) is 11.9. The number of primary sulfonamides is 1. The second-order valence-electron chi connectivity index (χ2n) is 4.46. The highest BCUT2D eigenvalue weighted by Crippen LogP contribution is 2.22. The first kappa shape index (κ1) is 14.8. The Hall–Kier alpha value is -2.56. The van der Waals surface area contributed by atoms with Gasteiger partial charge >= 0.3 is 0 Å². The molecule has 0 amide bonds. The Labute approximate surface area is 123 Å². The van der Waals surface area contributed by atoms with E-state index in [0.717, 1.165) is 5.56 Å². The topological polar surface area (TPSA) is 122 Å². The number of hydrogen-bond donors (Lipinski definition) is 3. The van der Waals surface area contributed by atoms with E-state index in [0.29, 0.717) is 23.5 Å². The molecule has 2 rings (SSSR count). The Kier molecular flexibility index (Phi) is 4.12. The quantitative estimate of drug-likeness (QED) is 0.737. The van der Waals surface area contributed by atoms with Gasteiger partial charge in [0.15, 0.2) is 0 Å². The summed E-state index contributed by atoms with van der Waals surface area (Å²) in [5.74, 6) is 0. The van der Waals surface area contributed by atoms with E-state index in [1.54, 1.807) is 18.2 Å². The van der Waals surface area contributed by atoms with E-state index in [2.05, 4.69) is 11.4 Å². The van der Waals surface area contributed by atoms with Crippen molar-refractivity contribution in [1.29, 1.82) is 5.26 Å². The lowest BCUT2D eigenvalue weighted by Crippen LogP contribution is -2.13. The van der Waals surface area contributed by atoms with Gasteiger partial charge in [-0.3, -0.25) is 0 Å². The molecule has 5 N–H and O–H groups in total. The van der Waals surface area contributed by atoms with Crippen LogP contribution in [0, 0.1) is 11.3 Å². The number of nitrogens with two attached hydrogens (primary N) is 2. The minimum absolute atomic E-state index is 0.00928. The summed E-state index contributed by atoms with van der Waals surface area (Å²) in [4.78, 5) is -0.00928. The van der Waals surface area contributed by atoms with Gasteiger partial charge in [0, 0.05) is 6.54 Å². The van der Waals surface area contributed by atoms with Crippen LogP contribution in [0.1, 0.15) is 11.1 Å². The Bertz CT molecular complexity index is 810. The van der Waals surface area contributed by atoms with Crippen molar-refractivity contribution < 1.29 is 8.42 Å². The summed E-state index contributed by atoms with van der Waals surface area (Å²) in [7, 11) is -3.77. The fourth-order valence-corrected chi connectivity index (χ4v) is 2.35. The maximum atomic E-state index is 11.3. The van der Waals surface area contributed by atoms with Gasteiger partial charge in [0.25, 0.3) is 0 Å². The first-order valence-corrected chi connectivity index (χ1v) is 7.60. The average molecular weight is 302 g/mol. The second kappa shape index (κ2) is 5.83. The third kappa shape index (κ3) is 3.72. The third-order valence-electron chi connectivity index (χ3n) is 2.89. The summed E-state index contributed by atoms with van der Waals surface area (Å²) >= 11 is 0. The summed E-state index contributed by atoms with van der Waals surface area (Å²) in [6.45, 7) is 0.411. The average Bonchev–Trinajstić information content (AvgIpc) is 2.45. The van der Waals surface area contributed by atoms with Gasteiger partial charge in [0.1, 0.15) is 0 Å². The molecule has 0 aliphatic carbocycles. The van der Waals surface area contributed by atoms with Gasteiger partial charge in [-0.1, -0.05) is 12.1 Å². The molecule has 0 saturated heterocycles. The molecule has 0 bridgehead atoms. The molecular formula is C14H14N4O2S. The predicted octanol–water partition coefficient (Wildman–Crippen LogP) is 1.40. The molecule has 0 radical (unpaired) electrons. The van der Waals surface area contributed by atoms with Crippen molar-refractivity contribution in [3.05, 3.63) is 53.6 Å². The van der Waals surface area contributed by atoms with Gasteiger partial charge in [-0.25, -0.2) is 13.6 Å². The van der Waals surface area contributed by atoms with E-state index in [1.165, 1.54) is 18.2 Å². The number of hydrogen-bond acceptors (Lipinski definition) is 5. The highest BCUT2D eigenvalue weighted by Gasteiger charge is 2.10. The van der Waals surface area contributed by atoms with Crippen molar-refractivity contribution in [2.24, 2.45) is 5.14 Å². The first-order chi connectivity index (χ1) is 9.90. The van der Waals surface area contributed by atoms with E-state index in [4.69, 9.17) is 16.1 Å². The van der Waals surface area contributed by atoms with Crippen LogP contribution in [0.15, 0.2) is 47.4 Å². The van der Waals surface area contributed by atoms with E-state index in [-0.39, 0.29) is 4.90 Å². The standard InChI is InChI=1S/C14H14N4O2S/c15-8-10-2-1-3-11(6-10)9-18-14-7-12(21(17,19)20)4-5-13(14)16/h1-7,18H,9,16H2,(H2,17,19,20). The van der Waals surface area contributed by atoms with Crippen LogP contribution < -0.4 is 16.2 Å². The summed E-state index contributed by atoms with van der Waals surface area (Å²) in [5.41, 5.74) is 8.13. The van der Waals surface area contributed by atoms with Crippen LogP contribution >= 0.6 is 0 Å². The Morgan fingerprint density at radius 3 is 2.62 bits per heavy atom. The molecule has 2 aromatic rings. The molecule has 0 saturated carbocycles. The van der Waals surface area contributed by atoms with Crippen molar-refractivity contribution in [1.82, 2.24) is 0 Å². The van der Waals surface area contributed by atoms with Gasteiger partial charge in [0.05, 0.1) is 27.9 Å². The number of benzene rings is 2. The number of nitrogens with one attached hydrogen (secondary N) is 1. The molecule has 0 fully saturated rings. The first-order valence-electron chi connectivity index (χ1n) is 6.05. The van der Waals surface area contributed by atoms with Crippen LogP contribution in [-0.4, -0.2) is 8.42 Å². The summed E-state index contributed by atoms with van der Waals surface area (Å²) in [6, 6.07) is 13.4. The van der Waals surface area contributed by atoms with Crippen molar-refractivity contribution in [2.75, 3.05) is 11.1 Å². The molecule has 2 aromatic carbocycles. The lowest BCUT2D eigenvalue weighted by atomic mass is 10.1. The van der Waals surface area contributed by atoms with Crippen LogP contribution in [0.25, 0.3) is 0 Å². The fraction of sp³-hybridized carbons (Fsp3) is 0.0714. The number of sulfonamides is 1. The molecule has 0 spiro atoms. The third-order valence-corrected chi connectivity index (χ3v) is 3.80. The molecule has 0 aromatic heterocycles. The maximum absolute atomic E-state index is 11.3. The van der Waals surface area contributed by atoms with Crippen molar-refractivity contribution in [3.63, 3.8) is 0 Å². The minimum Gasteiger partial charge on any atom is -0.397 e. The minimum atomic E-state index is -3.77. The Balaban J connectivity index is 2.22. The largest absolute Gasteiger partial charge is 0.397 e. The van der Waals surface area contributed by atoms with Crippen LogP contribution in [0.5, 0.6) is 0 Å². The predicted molar refractivity (Wildman–Crippen MR) is 80.7 cm³/mol. The number of nitrogen functional groups attached to an aromatic ring is 1. The van der Waals surface area contributed by atoms with Gasteiger partial charge in [-0.2, -0.15) is 5.26 Å². The SMILES string of the molecule is N#Cc1cccc(CNc2cc(S(N)(=O)=O)ccc2N)c1. The monoisotopic (exact) mass is 302 g/mol. The molecule has 0 atom stereocenters. The normalized spacial score (nSPS) is 10.9. The zero-order chi connectivity index (χ0) is 15.5. The molecule has 0 aliphatic heterocycles. The molecular weight excluding hydrogens is 288 g/mol. The summed E-state index contributed by atoms with van der Waals surface area (Å²) in [5, 5.41) is 17.0. The second-order valence-corrected chi connectivity index (χ2v) is 6.02. The van der Waals surface area contributed by atoms with E-state index < -0.39 is 10.0 Å². The van der Waals surface area contributed by atoms with Gasteiger partial charge < -0.3 is 11.1 Å². The zero-order valence-electron chi connectivity index (χ0n) is 11.1. The van der Waals surface area contributed by atoms with E-state index in [9.17, 15) is 8.42 Å². The molecule has 108 valence electrons. The molecule has 6 nitrogen and oxygen atoms in total. The summed E-state index contributed by atoms with van der Waals surface area (Å²) < 4.78 is 22.7. The number of nitriles is 1. The molecule has 21 heavy (non-hydrogen) atoms. The van der Waals surface area contributed by atoms with E-state index >= 15 is 0 Å². The number of nitrogens with zero attached hydrogens (tertiary/aromatic N) is 1. The Morgan fingerprint density at radius 1 is 1.19 bits per heavy atom. The van der Waals surface area contributed by atoms with Crippen LogP contribution in [0.2, 0.25) is 0 Å². The lowest BCUT2D eigenvalue weighted by Gasteiger charge is -2.11. The Morgan fingerprint density at radius 2 is 1.95 bits per heavy atom. The molecule has 0 aliphatic rings. The van der Waals surface area contributed by atoms with Crippen molar-refractivity contribution in [3.8, 4) is 6.07 Å². The van der Waals surface area contributed by atoms with Gasteiger partial charge in [-0.15, -0.1) is 0 Å². The summed E-state index contributed by atoms with van der Waals surface area (Å²) in [6.07, 6.45) is 0. The smallest absolute Gasteiger partial charge is 0.238 e. The highest BCUT2D eigenvalue weighted by atomic mass is 32.2. The van der Waals surface area contributed by atoms with Gasteiger partial charge in [0.2, 0.25) is 10.0 Å². The number of rotatable bonds is 4. The molecule has 0 unspecified atom stereocenters. The highest BCUT2D eigenvalue weighted by molar-refractivity contribution is 7.89. The van der Waals surface area contributed by atoms with Gasteiger partial charge in [-0.05, 0) is 35.9 Å². The van der Waals surface area contributed by atoms with Crippen molar-refractivity contribution >= 4 is 21.4 Å². The number of anilines is 2. The van der Waals surface area contributed by atoms with Crippen molar-refractivity contribution in [2.45, 2.75) is 11.4 Å². The van der Waals surface area contributed by atoms with Crippen LogP contribution in [0.3, 0.4) is 0 Å². The fourth-order valence-electron chi connectivity index (χ4n) is 1.81. The molecule has 0 heterocycles.